The van der Waals surface area contributed by atoms with Gasteiger partial charge in [0.1, 0.15) is 5.60 Å². The summed E-state index contributed by atoms with van der Waals surface area (Å²) >= 11 is 0. The third kappa shape index (κ3) is 1.88. The van der Waals surface area contributed by atoms with Crippen molar-refractivity contribution in [3.8, 4) is 11.5 Å². The molecule has 4 aliphatic rings. The Morgan fingerprint density at radius 1 is 1.22 bits per heavy atom. The second-order valence-electron chi connectivity index (χ2n) is 7.91. The summed E-state index contributed by atoms with van der Waals surface area (Å²) in [6.07, 6.45) is 5.76. The van der Waals surface area contributed by atoms with Crippen molar-refractivity contribution in [1.29, 1.82) is 0 Å². The standard InChI is InChI=1S/C21H20O6/c1-11(22)25-16-6-5-13-10-14-4-3-8-20-17(13)18(16)26-19(20)15(24)7-9-21(14,20)27-12(2)23/h5-7,9,14,19H,3-4,8,10H2,1-2H3/t14-,19+,20+,21-/m1/s1. The maximum atomic E-state index is 12.8. The van der Waals surface area contributed by atoms with Crippen molar-refractivity contribution >= 4 is 17.7 Å². The third-order valence-electron chi connectivity index (χ3n) is 6.55. The van der Waals surface area contributed by atoms with Crippen molar-refractivity contribution in [1.82, 2.24) is 0 Å². The number of hydrogen-bond acceptors (Lipinski definition) is 6. The molecule has 0 unspecified atom stereocenters. The molecule has 1 spiro atoms. The summed E-state index contributed by atoms with van der Waals surface area (Å²) in [7, 11) is 0. The van der Waals surface area contributed by atoms with Gasteiger partial charge in [-0.25, -0.2) is 0 Å². The van der Waals surface area contributed by atoms with Crippen LogP contribution in [0.25, 0.3) is 0 Å². The van der Waals surface area contributed by atoms with Crippen molar-refractivity contribution in [2.45, 2.75) is 56.7 Å². The Kier molecular flexibility index (Phi) is 3.19. The first-order valence-corrected chi connectivity index (χ1v) is 9.33. The molecule has 0 radical (unpaired) electrons. The summed E-state index contributed by atoms with van der Waals surface area (Å²) < 4.78 is 17.5. The lowest BCUT2D eigenvalue weighted by Crippen LogP contribution is -2.69. The van der Waals surface area contributed by atoms with Crippen molar-refractivity contribution in [3.05, 3.63) is 35.4 Å². The monoisotopic (exact) mass is 368 g/mol. The molecule has 4 atom stereocenters. The molecule has 0 amide bonds. The van der Waals surface area contributed by atoms with E-state index in [9.17, 15) is 14.4 Å². The molecule has 1 aromatic carbocycles. The summed E-state index contributed by atoms with van der Waals surface area (Å²) in [5, 5.41) is 0. The van der Waals surface area contributed by atoms with E-state index in [0.29, 0.717) is 17.9 Å². The van der Waals surface area contributed by atoms with Crippen molar-refractivity contribution in [3.63, 3.8) is 0 Å². The molecular weight excluding hydrogens is 348 g/mol. The van der Waals surface area contributed by atoms with Gasteiger partial charge in [-0.15, -0.1) is 0 Å². The number of benzene rings is 1. The predicted molar refractivity (Wildman–Crippen MR) is 93.5 cm³/mol. The minimum absolute atomic E-state index is 0.0867. The molecule has 6 nitrogen and oxygen atoms in total. The van der Waals surface area contributed by atoms with Gasteiger partial charge in [-0.05, 0) is 43.0 Å². The van der Waals surface area contributed by atoms with Crippen molar-refractivity contribution in [2.24, 2.45) is 5.92 Å². The number of carbonyl (C=O) groups excluding carboxylic acids is 3. The van der Waals surface area contributed by atoms with Gasteiger partial charge < -0.3 is 14.2 Å². The maximum Gasteiger partial charge on any atom is 0.308 e. The predicted octanol–water partition coefficient (Wildman–Crippen LogP) is 2.41. The number of esters is 2. The van der Waals surface area contributed by atoms with Crippen LogP contribution in [0.1, 0.15) is 44.2 Å². The third-order valence-corrected chi connectivity index (χ3v) is 6.55. The van der Waals surface area contributed by atoms with Gasteiger partial charge in [0.25, 0.3) is 0 Å². The highest BCUT2D eigenvalue weighted by atomic mass is 16.6. The zero-order valence-corrected chi connectivity index (χ0v) is 15.2. The Morgan fingerprint density at radius 2 is 2.04 bits per heavy atom. The first-order valence-electron chi connectivity index (χ1n) is 9.33. The van der Waals surface area contributed by atoms with E-state index >= 15 is 0 Å². The molecule has 140 valence electrons. The molecule has 0 saturated heterocycles. The van der Waals surface area contributed by atoms with E-state index in [1.165, 1.54) is 19.9 Å². The molecule has 1 heterocycles. The van der Waals surface area contributed by atoms with Crippen LogP contribution < -0.4 is 9.47 Å². The van der Waals surface area contributed by atoms with Crippen LogP contribution >= 0.6 is 0 Å². The van der Waals surface area contributed by atoms with E-state index in [0.717, 1.165) is 30.4 Å². The van der Waals surface area contributed by atoms with E-state index in [1.54, 1.807) is 12.1 Å². The average Bonchev–Trinajstić information content (AvgIpc) is 2.93. The molecular formula is C21H20O6. The minimum atomic E-state index is -0.900. The van der Waals surface area contributed by atoms with Gasteiger partial charge >= 0.3 is 11.9 Å². The molecule has 5 rings (SSSR count). The Balaban J connectivity index is 1.82. The van der Waals surface area contributed by atoms with Crippen LogP contribution in [0, 0.1) is 5.92 Å². The largest absolute Gasteiger partial charge is 0.477 e. The fraction of sp³-hybridized carbons (Fsp3) is 0.476. The topological polar surface area (TPSA) is 78.9 Å². The second kappa shape index (κ2) is 5.21. The SMILES string of the molecule is CC(=O)Oc1ccc2c3c1O[C@H]1C(=O)C=C[C@@]4(OC(C)=O)[C@H](CCC[C@]314)C2. The molecule has 1 aliphatic heterocycles. The van der Waals surface area contributed by atoms with E-state index in [-0.39, 0.29) is 17.7 Å². The lowest BCUT2D eigenvalue weighted by Gasteiger charge is -2.58. The van der Waals surface area contributed by atoms with Gasteiger partial charge in [0.05, 0.1) is 5.41 Å². The summed E-state index contributed by atoms with van der Waals surface area (Å²) in [5.74, 6) is -0.109. The van der Waals surface area contributed by atoms with Crippen LogP contribution in [0.5, 0.6) is 11.5 Å². The fourth-order valence-corrected chi connectivity index (χ4v) is 5.87. The van der Waals surface area contributed by atoms with Gasteiger partial charge in [-0.2, -0.15) is 0 Å². The molecule has 0 N–H and O–H groups in total. The molecule has 1 saturated carbocycles. The summed E-state index contributed by atoms with van der Waals surface area (Å²) in [4.78, 5) is 36.4. The number of rotatable bonds is 2. The summed E-state index contributed by atoms with van der Waals surface area (Å²) in [6.45, 7) is 2.74. The number of hydrogen-bond donors (Lipinski definition) is 0. The van der Waals surface area contributed by atoms with Gasteiger partial charge in [-0.3, -0.25) is 14.4 Å². The normalized spacial score (nSPS) is 34.5. The highest BCUT2D eigenvalue weighted by molar-refractivity contribution is 5.99. The smallest absolute Gasteiger partial charge is 0.308 e. The molecule has 1 fully saturated rings. The van der Waals surface area contributed by atoms with Gasteiger partial charge in [0, 0.05) is 25.3 Å². The van der Waals surface area contributed by atoms with Crippen LogP contribution in [0.2, 0.25) is 0 Å². The van der Waals surface area contributed by atoms with Gasteiger partial charge in [0.2, 0.25) is 0 Å². The second-order valence-corrected chi connectivity index (χ2v) is 7.91. The van der Waals surface area contributed by atoms with E-state index < -0.39 is 23.1 Å². The van der Waals surface area contributed by atoms with E-state index in [1.807, 2.05) is 6.07 Å². The molecule has 1 aromatic rings. The number of ketones is 1. The van der Waals surface area contributed by atoms with Crippen molar-refractivity contribution < 1.29 is 28.6 Å². The van der Waals surface area contributed by atoms with Crippen LogP contribution in [0.3, 0.4) is 0 Å². The highest BCUT2D eigenvalue weighted by Crippen LogP contribution is 2.66. The zero-order chi connectivity index (χ0) is 19.0. The quantitative estimate of drug-likeness (QED) is 0.589. The minimum Gasteiger partial charge on any atom is -0.477 e. The Morgan fingerprint density at radius 3 is 2.78 bits per heavy atom. The molecule has 6 heteroatoms. The van der Waals surface area contributed by atoms with Crippen molar-refractivity contribution in [2.75, 3.05) is 0 Å². The maximum absolute atomic E-state index is 12.8. The highest BCUT2D eigenvalue weighted by Gasteiger charge is 2.72. The Labute approximate surface area is 156 Å². The first-order chi connectivity index (χ1) is 12.9. The average molecular weight is 368 g/mol. The fourth-order valence-electron chi connectivity index (χ4n) is 5.87. The number of ether oxygens (including phenoxy) is 3. The lowest BCUT2D eigenvalue weighted by atomic mass is 9.47. The van der Waals surface area contributed by atoms with Gasteiger partial charge in [0.15, 0.2) is 23.4 Å². The van der Waals surface area contributed by atoms with Crippen LogP contribution in [-0.2, 0) is 31.0 Å². The van der Waals surface area contributed by atoms with E-state index in [4.69, 9.17) is 14.2 Å². The Hall–Kier alpha value is -2.63. The van der Waals surface area contributed by atoms with Crippen LogP contribution in [0.4, 0.5) is 0 Å². The Bertz CT molecular complexity index is 931. The molecule has 27 heavy (non-hydrogen) atoms. The summed E-state index contributed by atoms with van der Waals surface area (Å²) in [6, 6.07) is 3.68. The lowest BCUT2D eigenvalue weighted by molar-refractivity contribution is -0.183. The molecule has 0 aromatic heterocycles. The van der Waals surface area contributed by atoms with E-state index in [2.05, 4.69) is 0 Å². The van der Waals surface area contributed by atoms with Crippen LogP contribution in [-0.4, -0.2) is 29.4 Å². The first kappa shape index (κ1) is 16.5. The summed E-state index contributed by atoms with van der Waals surface area (Å²) in [5.41, 5.74) is 0.301. The zero-order valence-electron chi connectivity index (χ0n) is 15.2. The van der Waals surface area contributed by atoms with Crippen LogP contribution in [0.15, 0.2) is 24.3 Å². The molecule has 2 bridgehead atoms. The van der Waals surface area contributed by atoms with Gasteiger partial charge in [-0.1, -0.05) is 12.5 Å². The number of carbonyl (C=O) groups is 3. The molecule has 3 aliphatic carbocycles.